The van der Waals surface area contributed by atoms with E-state index in [9.17, 15) is 9.59 Å². The molecule has 0 radical (unpaired) electrons. The zero-order valence-corrected chi connectivity index (χ0v) is 13.8. The highest BCUT2D eigenvalue weighted by atomic mass is 16.5. The summed E-state index contributed by atoms with van der Waals surface area (Å²) in [5, 5.41) is 9.97. The van der Waals surface area contributed by atoms with Gasteiger partial charge in [-0.05, 0) is 26.3 Å². The van der Waals surface area contributed by atoms with Gasteiger partial charge < -0.3 is 19.2 Å². The number of ether oxygens (including phenoxy) is 1. The van der Waals surface area contributed by atoms with Crippen LogP contribution in [-0.4, -0.2) is 41.1 Å². The van der Waals surface area contributed by atoms with Crippen LogP contribution in [0.15, 0.2) is 28.7 Å². The van der Waals surface area contributed by atoms with Crippen molar-refractivity contribution < 1.29 is 23.8 Å². The lowest BCUT2D eigenvalue weighted by Gasteiger charge is -2.15. The first-order valence-corrected chi connectivity index (χ1v) is 8.11. The fourth-order valence-electron chi connectivity index (χ4n) is 2.95. The Morgan fingerprint density at radius 1 is 1.38 bits per heavy atom. The van der Waals surface area contributed by atoms with Gasteiger partial charge in [-0.15, -0.1) is 0 Å². The van der Waals surface area contributed by atoms with E-state index < -0.39 is 11.9 Å². The molecule has 0 spiro atoms. The van der Waals surface area contributed by atoms with Gasteiger partial charge in [-0.1, -0.05) is 18.2 Å². The van der Waals surface area contributed by atoms with E-state index in [2.05, 4.69) is 0 Å². The number of benzene rings is 1. The monoisotopic (exact) mass is 331 g/mol. The molecule has 0 bridgehead atoms. The third-order valence-electron chi connectivity index (χ3n) is 4.28. The topological polar surface area (TPSA) is 80.0 Å². The summed E-state index contributed by atoms with van der Waals surface area (Å²) in [6.45, 7) is 4.79. The van der Waals surface area contributed by atoms with Crippen molar-refractivity contribution in [2.45, 2.75) is 33.0 Å². The average molecular weight is 331 g/mol. The van der Waals surface area contributed by atoms with Gasteiger partial charge in [0.25, 0.3) is 5.91 Å². The third-order valence-corrected chi connectivity index (χ3v) is 4.28. The van der Waals surface area contributed by atoms with Crippen molar-refractivity contribution >= 4 is 22.8 Å². The maximum absolute atomic E-state index is 12.8. The number of aliphatic carboxylic acids is 1. The van der Waals surface area contributed by atoms with Crippen molar-refractivity contribution in [3.8, 4) is 0 Å². The van der Waals surface area contributed by atoms with Gasteiger partial charge in [-0.3, -0.25) is 9.59 Å². The molecule has 2 heterocycles. The molecular formula is C18H21NO5. The van der Waals surface area contributed by atoms with Gasteiger partial charge in [0, 0.05) is 24.0 Å². The lowest BCUT2D eigenvalue weighted by Crippen LogP contribution is -2.30. The number of nitrogens with zero attached hydrogens (tertiary/aromatic N) is 1. The van der Waals surface area contributed by atoms with Gasteiger partial charge in [0.05, 0.1) is 18.6 Å². The second kappa shape index (κ2) is 6.65. The molecule has 2 aromatic rings. The number of carbonyl (C=O) groups is 2. The molecule has 1 aliphatic rings. The first kappa shape index (κ1) is 16.5. The summed E-state index contributed by atoms with van der Waals surface area (Å²) in [7, 11) is 0. The van der Waals surface area contributed by atoms with Gasteiger partial charge in [0.1, 0.15) is 5.58 Å². The first-order valence-electron chi connectivity index (χ1n) is 8.11. The van der Waals surface area contributed by atoms with Gasteiger partial charge in [-0.25, -0.2) is 0 Å². The molecule has 1 aliphatic heterocycles. The fraction of sp³-hybridized carbons (Fsp3) is 0.444. The molecule has 1 aromatic heterocycles. The van der Waals surface area contributed by atoms with Crippen LogP contribution in [0.4, 0.5) is 0 Å². The molecule has 1 saturated heterocycles. The minimum atomic E-state index is -0.863. The van der Waals surface area contributed by atoms with E-state index in [0.717, 1.165) is 10.9 Å². The molecule has 128 valence electrons. The molecule has 0 aliphatic carbocycles. The number of rotatable bonds is 5. The molecule has 24 heavy (non-hydrogen) atoms. The number of carbonyl (C=O) groups excluding carboxylic acids is 1. The molecule has 1 unspecified atom stereocenters. The van der Waals surface area contributed by atoms with E-state index in [1.165, 1.54) is 0 Å². The van der Waals surface area contributed by atoms with E-state index in [4.69, 9.17) is 14.3 Å². The van der Waals surface area contributed by atoms with Gasteiger partial charge >= 0.3 is 5.97 Å². The summed E-state index contributed by atoms with van der Waals surface area (Å²) in [6, 6.07) is 7.46. The summed E-state index contributed by atoms with van der Waals surface area (Å²) >= 11 is 0. The Morgan fingerprint density at radius 3 is 2.79 bits per heavy atom. The highest BCUT2D eigenvalue weighted by molar-refractivity contribution is 5.99. The maximum Gasteiger partial charge on any atom is 0.308 e. The number of likely N-dealkylation sites (tertiary alicyclic amines) is 1. The lowest BCUT2D eigenvalue weighted by molar-refractivity contribution is -0.141. The molecule has 3 rings (SSSR count). The Kier molecular flexibility index (Phi) is 4.57. The molecule has 1 aromatic carbocycles. The number of para-hydroxylation sites is 1. The van der Waals surface area contributed by atoms with E-state index in [1.54, 1.807) is 4.90 Å². The van der Waals surface area contributed by atoms with Crippen molar-refractivity contribution in [1.82, 2.24) is 4.90 Å². The first-order chi connectivity index (χ1) is 11.5. The SMILES string of the molecule is CC(C)OCc1c(C(=O)N2CCC(C(=O)O)C2)oc2ccccc12. The minimum Gasteiger partial charge on any atom is -0.481 e. The van der Waals surface area contributed by atoms with Crippen LogP contribution in [0.2, 0.25) is 0 Å². The number of carboxylic acids is 1. The van der Waals surface area contributed by atoms with Crippen LogP contribution in [-0.2, 0) is 16.1 Å². The number of fused-ring (bicyclic) bond motifs is 1. The van der Waals surface area contributed by atoms with E-state index in [0.29, 0.717) is 18.5 Å². The smallest absolute Gasteiger partial charge is 0.308 e. The second-order valence-electron chi connectivity index (χ2n) is 6.34. The number of furan rings is 1. The quantitative estimate of drug-likeness (QED) is 0.911. The molecule has 1 fully saturated rings. The molecule has 1 atom stereocenters. The van der Waals surface area contributed by atoms with Crippen LogP contribution >= 0.6 is 0 Å². The van der Waals surface area contributed by atoms with Crippen molar-refractivity contribution in [2.75, 3.05) is 13.1 Å². The molecule has 1 N–H and O–H groups in total. The van der Waals surface area contributed by atoms with Crippen LogP contribution < -0.4 is 0 Å². The highest BCUT2D eigenvalue weighted by Gasteiger charge is 2.34. The van der Waals surface area contributed by atoms with Crippen LogP contribution in [0.1, 0.15) is 36.4 Å². The summed E-state index contributed by atoms with van der Waals surface area (Å²) in [5.41, 5.74) is 1.36. The van der Waals surface area contributed by atoms with E-state index in [-0.39, 0.29) is 30.9 Å². The van der Waals surface area contributed by atoms with Crippen LogP contribution in [0, 0.1) is 5.92 Å². The Morgan fingerprint density at radius 2 is 2.12 bits per heavy atom. The van der Waals surface area contributed by atoms with Gasteiger partial charge in [0.15, 0.2) is 5.76 Å². The molecule has 1 amide bonds. The Labute approximate surface area is 140 Å². The van der Waals surface area contributed by atoms with Crippen molar-refractivity contribution in [3.63, 3.8) is 0 Å². The van der Waals surface area contributed by atoms with Crippen molar-refractivity contribution in [3.05, 3.63) is 35.6 Å². The average Bonchev–Trinajstić information content (AvgIpc) is 3.17. The zero-order valence-electron chi connectivity index (χ0n) is 13.8. The normalized spacial score (nSPS) is 17.8. The predicted octanol–water partition coefficient (Wildman–Crippen LogP) is 2.90. The number of amides is 1. The summed E-state index contributed by atoms with van der Waals surface area (Å²) < 4.78 is 11.5. The molecule has 6 nitrogen and oxygen atoms in total. The standard InChI is InChI=1S/C18H21NO5/c1-11(2)23-10-14-13-5-3-4-6-15(13)24-16(14)17(20)19-8-7-12(9-19)18(21)22/h3-6,11-12H,7-10H2,1-2H3,(H,21,22). The third kappa shape index (κ3) is 3.14. The van der Waals surface area contributed by atoms with Crippen LogP contribution in [0.5, 0.6) is 0 Å². The second-order valence-corrected chi connectivity index (χ2v) is 6.34. The summed E-state index contributed by atoms with van der Waals surface area (Å²) in [6.07, 6.45) is 0.504. The van der Waals surface area contributed by atoms with Crippen molar-refractivity contribution in [2.24, 2.45) is 5.92 Å². The summed E-state index contributed by atoms with van der Waals surface area (Å²) in [4.78, 5) is 25.5. The van der Waals surface area contributed by atoms with E-state index >= 15 is 0 Å². The Balaban J connectivity index is 1.91. The van der Waals surface area contributed by atoms with E-state index in [1.807, 2.05) is 38.1 Å². The largest absolute Gasteiger partial charge is 0.481 e. The minimum absolute atomic E-state index is 0.0322. The molecule has 0 saturated carbocycles. The predicted molar refractivity (Wildman–Crippen MR) is 87.8 cm³/mol. The maximum atomic E-state index is 12.8. The van der Waals surface area contributed by atoms with Crippen LogP contribution in [0.25, 0.3) is 11.0 Å². The highest BCUT2D eigenvalue weighted by Crippen LogP contribution is 2.29. The Bertz CT molecular complexity index is 764. The number of carboxylic acid groups (broad SMARTS) is 1. The Hall–Kier alpha value is -2.34. The molecule has 6 heteroatoms. The summed E-state index contributed by atoms with van der Waals surface area (Å²) in [5.74, 6) is -1.38. The van der Waals surface area contributed by atoms with Crippen molar-refractivity contribution in [1.29, 1.82) is 0 Å². The van der Waals surface area contributed by atoms with Gasteiger partial charge in [0.2, 0.25) is 0 Å². The fourth-order valence-corrected chi connectivity index (χ4v) is 2.95. The van der Waals surface area contributed by atoms with Gasteiger partial charge in [-0.2, -0.15) is 0 Å². The van der Waals surface area contributed by atoms with Crippen LogP contribution in [0.3, 0.4) is 0 Å². The zero-order chi connectivity index (χ0) is 17.3. The molecular weight excluding hydrogens is 310 g/mol. The number of hydrogen-bond acceptors (Lipinski definition) is 4. The lowest BCUT2D eigenvalue weighted by atomic mass is 10.1. The number of hydrogen-bond donors (Lipinski definition) is 1.